The van der Waals surface area contributed by atoms with Crippen LogP contribution in [-0.4, -0.2) is 17.4 Å². The number of Topliss-reactive ketones (excluding diaryl/α,β-unsaturated/α-hetero) is 1. The van der Waals surface area contributed by atoms with Crippen molar-refractivity contribution in [2.45, 2.75) is 38.1 Å². The minimum atomic E-state index is -0.206. The molecule has 2 atom stereocenters. The molecule has 2 N–H and O–H groups in total. The fourth-order valence-electron chi connectivity index (χ4n) is 4.59. The number of hydrogen-bond acceptors (Lipinski definition) is 5. The fraction of sp³-hybridized carbons (Fsp3) is 0.259. The highest BCUT2D eigenvalue weighted by Crippen LogP contribution is 2.44. The Balaban J connectivity index is 1.50. The van der Waals surface area contributed by atoms with E-state index >= 15 is 0 Å². The van der Waals surface area contributed by atoms with E-state index in [4.69, 9.17) is 4.74 Å². The van der Waals surface area contributed by atoms with Crippen molar-refractivity contribution >= 4 is 17.2 Å². The van der Waals surface area contributed by atoms with Crippen molar-refractivity contribution in [3.63, 3.8) is 0 Å². The number of carbonyl (C=O) groups is 1. The van der Waals surface area contributed by atoms with Gasteiger partial charge in [0.25, 0.3) is 0 Å². The van der Waals surface area contributed by atoms with E-state index in [0.717, 1.165) is 46.8 Å². The van der Waals surface area contributed by atoms with Gasteiger partial charge in [0.15, 0.2) is 5.78 Å². The number of fused-ring (bicyclic) bond motifs is 1. The maximum atomic E-state index is 13.5. The smallest absolute Gasteiger partial charge is 0.163 e. The van der Waals surface area contributed by atoms with Crippen LogP contribution in [0.15, 0.2) is 84.3 Å². The van der Waals surface area contributed by atoms with Gasteiger partial charge in [-0.1, -0.05) is 31.2 Å². The minimum Gasteiger partial charge on any atom is -0.494 e. The summed E-state index contributed by atoms with van der Waals surface area (Å²) in [6.07, 6.45) is 5.82. The second kappa shape index (κ2) is 8.87. The van der Waals surface area contributed by atoms with Crippen molar-refractivity contribution in [3.8, 4) is 5.75 Å². The van der Waals surface area contributed by atoms with Gasteiger partial charge in [0, 0.05) is 30.1 Å². The van der Waals surface area contributed by atoms with E-state index in [1.54, 1.807) is 12.4 Å². The standard InChI is InChI=1S/C27H27N3O2/c1-2-15-32-21-9-7-18(8-10-21)20-16-24-26(25(31)17-20)27(19-11-13-28-14-12-19)30-23-6-4-3-5-22(23)29-24/h3-14,20,27,29-30H,2,15-17H2,1H3. The number of allylic oxidation sites excluding steroid dienone is 1. The van der Waals surface area contributed by atoms with Crippen molar-refractivity contribution < 1.29 is 9.53 Å². The lowest BCUT2D eigenvalue weighted by Crippen LogP contribution is -2.26. The normalized spacial score (nSPS) is 19.8. The van der Waals surface area contributed by atoms with Gasteiger partial charge in [-0.15, -0.1) is 0 Å². The van der Waals surface area contributed by atoms with Gasteiger partial charge in [-0.3, -0.25) is 9.78 Å². The van der Waals surface area contributed by atoms with E-state index in [1.165, 1.54) is 5.56 Å². The van der Waals surface area contributed by atoms with Gasteiger partial charge in [0.2, 0.25) is 0 Å². The Morgan fingerprint density at radius 3 is 2.44 bits per heavy atom. The number of hydrogen-bond donors (Lipinski definition) is 2. The third-order valence-electron chi connectivity index (χ3n) is 6.17. The molecule has 0 bridgehead atoms. The largest absolute Gasteiger partial charge is 0.494 e. The van der Waals surface area contributed by atoms with Crippen LogP contribution < -0.4 is 15.4 Å². The van der Waals surface area contributed by atoms with Crippen LogP contribution in [0, 0.1) is 0 Å². The third kappa shape index (κ3) is 3.98. The molecule has 32 heavy (non-hydrogen) atoms. The predicted octanol–water partition coefficient (Wildman–Crippen LogP) is 5.85. The molecule has 3 aromatic rings. The van der Waals surface area contributed by atoms with Crippen molar-refractivity contribution in [3.05, 3.63) is 95.5 Å². The number of ether oxygens (including phenoxy) is 1. The Bertz CT molecular complexity index is 1140. The summed E-state index contributed by atoms with van der Waals surface area (Å²) in [7, 11) is 0. The first-order valence-corrected chi connectivity index (χ1v) is 11.2. The van der Waals surface area contributed by atoms with Crippen LogP contribution in [0.1, 0.15) is 49.3 Å². The highest BCUT2D eigenvalue weighted by atomic mass is 16.5. The molecule has 162 valence electrons. The van der Waals surface area contributed by atoms with Gasteiger partial charge in [0.1, 0.15) is 5.75 Å². The van der Waals surface area contributed by atoms with Crippen LogP contribution in [-0.2, 0) is 4.79 Å². The molecule has 1 aliphatic heterocycles. The fourth-order valence-corrected chi connectivity index (χ4v) is 4.59. The van der Waals surface area contributed by atoms with Crippen LogP contribution >= 0.6 is 0 Å². The number of ketones is 1. The van der Waals surface area contributed by atoms with Crippen LogP contribution in [0.4, 0.5) is 11.4 Å². The highest BCUT2D eigenvalue weighted by molar-refractivity contribution is 6.01. The summed E-state index contributed by atoms with van der Waals surface area (Å²) in [6.45, 7) is 2.81. The van der Waals surface area contributed by atoms with E-state index in [2.05, 4.69) is 40.7 Å². The van der Waals surface area contributed by atoms with Gasteiger partial charge in [-0.2, -0.15) is 0 Å². The van der Waals surface area contributed by atoms with E-state index in [-0.39, 0.29) is 17.7 Å². The molecule has 5 nitrogen and oxygen atoms in total. The summed E-state index contributed by atoms with van der Waals surface area (Å²) in [4.78, 5) is 17.7. The van der Waals surface area contributed by atoms with Crippen molar-refractivity contribution in [1.29, 1.82) is 0 Å². The summed E-state index contributed by atoms with van der Waals surface area (Å²) in [5.41, 5.74) is 6.01. The summed E-state index contributed by atoms with van der Waals surface area (Å²) in [6, 6.07) is 20.1. The number of anilines is 2. The average Bonchev–Trinajstić information content (AvgIpc) is 3.00. The zero-order chi connectivity index (χ0) is 21.9. The lowest BCUT2D eigenvalue weighted by molar-refractivity contribution is -0.116. The topological polar surface area (TPSA) is 63.2 Å². The quantitative estimate of drug-likeness (QED) is 0.537. The maximum Gasteiger partial charge on any atom is 0.163 e. The van der Waals surface area contributed by atoms with E-state index in [1.807, 2.05) is 42.5 Å². The Morgan fingerprint density at radius 1 is 0.938 bits per heavy atom. The minimum absolute atomic E-state index is 0.136. The number of rotatable bonds is 5. The number of aromatic nitrogens is 1. The second-order valence-electron chi connectivity index (χ2n) is 8.37. The molecule has 0 spiro atoms. The summed E-state index contributed by atoms with van der Waals surface area (Å²) < 4.78 is 5.72. The molecule has 2 unspecified atom stereocenters. The SMILES string of the molecule is CCCOc1ccc(C2CC(=O)C3=C(C2)Nc2ccccc2NC3c2ccncc2)cc1. The van der Waals surface area contributed by atoms with Gasteiger partial charge < -0.3 is 15.4 Å². The first-order chi connectivity index (χ1) is 15.7. The Kier molecular flexibility index (Phi) is 5.63. The first kappa shape index (κ1) is 20.3. The first-order valence-electron chi connectivity index (χ1n) is 11.2. The lowest BCUT2D eigenvalue weighted by Gasteiger charge is -2.30. The third-order valence-corrected chi connectivity index (χ3v) is 6.17. The molecule has 0 fully saturated rings. The number of pyridine rings is 1. The molecule has 2 aliphatic rings. The average molecular weight is 426 g/mol. The molecule has 0 saturated carbocycles. The molecule has 1 aromatic heterocycles. The number of benzene rings is 2. The van der Waals surface area contributed by atoms with E-state index in [9.17, 15) is 4.79 Å². The monoisotopic (exact) mass is 425 g/mol. The number of nitrogens with one attached hydrogen (secondary N) is 2. The Labute approximate surface area is 188 Å². The Morgan fingerprint density at radius 2 is 1.69 bits per heavy atom. The number of para-hydroxylation sites is 2. The lowest BCUT2D eigenvalue weighted by atomic mass is 9.78. The van der Waals surface area contributed by atoms with Gasteiger partial charge in [0.05, 0.1) is 24.0 Å². The number of carbonyl (C=O) groups excluding carboxylic acids is 1. The van der Waals surface area contributed by atoms with Crippen molar-refractivity contribution in [2.75, 3.05) is 17.2 Å². The molecule has 2 heterocycles. The van der Waals surface area contributed by atoms with Gasteiger partial charge in [-0.05, 0) is 66.3 Å². The predicted molar refractivity (Wildman–Crippen MR) is 127 cm³/mol. The van der Waals surface area contributed by atoms with Crippen LogP contribution in [0.5, 0.6) is 5.75 Å². The van der Waals surface area contributed by atoms with E-state index < -0.39 is 0 Å². The maximum absolute atomic E-state index is 13.5. The number of nitrogens with zero attached hydrogens (tertiary/aromatic N) is 1. The molecule has 0 radical (unpaired) electrons. The molecule has 5 rings (SSSR count). The summed E-state index contributed by atoms with van der Waals surface area (Å²) >= 11 is 0. The molecule has 0 amide bonds. The molecular formula is C27H27N3O2. The van der Waals surface area contributed by atoms with Crippen LogP contribution in [0.3, 0.4) is 0 Å². The van der Waals surface area contributed by atoms with Gasteiger partial charge in [-0.25, -0.2) is 0 Å². The molecule has 1 aliphatic carbocycles. The zero-order valence-corrected chi connectivity index (χ0v) is 18.2. The second-order valence-corrected chi connectivity index (χ2v) is 8.37. The van der Waals surface area contributed by atoms with Crippen LogP contribution in [0.2, 0.25) is 0 Å². The summed E-state index contributed by atoms with van der Waals surface area (Å²) in [5.74, 6) is 1.19. The molecular weight excluding hydrogens is 398 g/mol. The molecule has 2 aromatic carbocycles. The summed E-state index contributed by atoms with van der Waals surface area (Å²) in [5, 5.41) is 7.19. The highest BCUT2D eigenvalue weighted by Gasteiger charge is 2.36. The van der Waals surface area contributed by atoms with Crippen molar-refractivity contribution in [1.82, 2.24) is 4.98 Å². The molecule has 5 heteroatoms. The van der Waals surface area contributed by atoms with E-state index in [0.29, 0.717) is 13.0 Å². The Hall–Kier alpha value is -3.60. The zero-order valence-electron chi connectivity index (χ0n) is 18.2. The van der Waals surface area contributed by atoms with Crippen molar-refractivity contribution in [2.24, 2.45) is 0 Å². The van der Waals surface area contributed by atoms with Crippen LogP contribution in [0.25, 0.3) is 0 Å². The van der Waals surface area contributed by atoms with Gasteiger partial charge >= 0.3 is 0 Å². The molecule has 0 saturated heterocycles.